The van der Waals surface area contributed by atoms with Gasteiger partial charge in [0.05, 0.1) is 18.4 Å². The zero-order chi connectivity index (χ0) is 22.5. The number of thioether (sulfide) groups is 1. The number of aromatic nitrogens is 3. The molecule has 11 heteroatoms. The van der Waals surface area contributed by atoms with Crippen LogP contribution in [0.25, 0.3) is 22.0 Å². The van der Waals surface area contributed by atoms with Gasteiger partial charge in [-0.2, -0.15) is 8.78 Å². The van der Waals surface area contributed by atoms with E-state index in [1.807, 2.05) is 17.5 Å². The molecule has 4 rings (SSSR count). The van der Waals surface area contributed by atoms with Gasteiger partial charge in [-0.3, -0.25) is 0 Å². The summed E-state index contributed by atoms with van der Waals surface area (Å²) in [7, 11) is 1.34. The number of esters is 1. The van der Waals surface area contributed by atoms with Crippen LogP contribution in [0.2, 0.25) is 0 Å². The third-order valence-corrected chi connectivity index (χ3v) is 5.97. The van der Waals surface area contributed by atoms with E-state index in [9.17, 15) is 13.6 Å². The zero-order valence-corrected chi connectivity index (χ0v) is 18.2. The molecule has 2 aromatic heterocycles. The van der Waals surface area contributed by atoms with Crippen LogP contribution in [-0.4, -0.2) is 34.9 Å². The van der Waals surface area contributed by atoms with E-state index in [4.69, 9.17) is 9.15 Å². The Morgan fingerprint density at radius 3 is 2.50 bits per heavy atom. The van der Waals surface area contributed by atoms with Crippen molar-refractivity contribution in [3.8, 4) is 27.8 Å². The minimum Gasteiger partial charge on any atom is -0.465 e. The van der Waals surface area contributed by atoms with Crippen molar-refractivity contribution in [3.63, 3.8) is 0 Å². The maximum Gasteiger partial charge on any atom is 0.387 e. The summed E-state index contributed by atoms with van der Waals surface area (Å²) in [5, 5.41) is 11.1. The molecule has 0 radical (unpaired) electrons. The molecule has 2 heterocycles. The molecule has 0 aliphatic rings. The van der Waals surface area contributed by atoms with E-state index in [1.165, 1.54) is 42.3 Å². The summed E-state index contributed by atoms with van der Waals surface area (Å²) < 4.78 is 39.1. The summed E-state index contributed by atoms with van der Waals surface area (Å²) >= 11 is 2.83. The number of carbonyl (C=O) groups excluding carboxylic acids is 1. The van der Waals surface area contributed by atoms with Gasteiger partial charge in [-0.1, -0.05) is 23.9 Å². The number of benzene rings is 2. The highest BCUT2D eigenvalue weighted by Gasteiger charge is 2.13. The Labute approximate surface area is 189 Å². The average Bonchev–Trinajstić information content (AvgIpc) is 3.47. The van der Waals surface area contributed by atoms with Gasteiger partial charge in [-0.05, 0) is 36.4 Å². The fourth-order valence-corrected chi connectivity index (χ4v) is 4.26. The third kappa shape index (κ3) is 5.29. The predicted molar refractivity (Wildman–Crippen MR) is 115 cm³/mol. The summed E-state index contributed by atoms with van der Waals surface area (Å²) in [5.74, 6) is 0.474. The Kier molecular flexibility index (Phi) is 6.76. The Morgan fingerprint density at radius 2 is 1.81 bits per heavy atom. The number of hydrogen-bond acceptors (Lipinski definition) is 9. The smallest absolute Gasteiger partial charge is 0.387 e. The fourth-order valence-electron chi connectivity index (χ4n) is 2.67. The van der Waals surface area contributed by atoms with Gasteiger partial charge in [0.1, 0.15) is 10.8 Å². The molecule has 164 valence electrons. The quantitative estimate of drug-likeness (QED) is 0.242. The molecule has 0 atom stereocenters. The van der Waals surface area contributed by atoms with Crippen molar-refractivity contribution in [2.45, 2.75) is 17.6 Å². The molecule has 2 aromatic carbocycles. The average molecular weight is 475 g/mol. The van der Waals surface area contributed by atoms with Gasteiger partial charge in [0.25, 0.3) is 5.22 Å². The summed E-state index contributed by atoms with van der Waals surface area (Å²) in [5.41, 5.74) is 2.82. The van der Waals surface area contributed by atoms with Crippen molar-refractivity contribution in [3.05, 3.63) is 65.2 Å². The lowest BCUT2D eigenvalue weighted by molar-refractivity contribution is -0.0498. The number of carbonyl (C=O) groups is 1. The Morgan fingerprint density at radius 1 is 1.09 bits per heavy atom. The van der Waals surface area contributed by atoms with E-state index in [2.05, 4.69) is 19.9 Å². The van der Waals surface area contributed by atoms with Crippen molar-refractivity contribution in [1.29, 1.82) is 0 Å². The van der Waals surface area contributed by atoms with Crippen LogP contribution in [0, 0.1) is 0 Å². The number of nitrogens with zero attached hydrogens (tertiary/aromatic N) is 3. The van der Waals surface area contributed by atoms with E-state index in [0.29, 0.717) is 22.1 Å². The molecule has 0 amide bonds. The first-order valence-electron chi connectivity index (χ1n) is 9.16. The van der Waals surface area contributed by atoms with Crippen LogP contribution in [0.3, 0.4) is 0 Å². The van der Waals surface area contributed by atoms with Gasteiger partial charge in [-0.25, -0.2) is 9.78 Å². The zero-order valence-electron chi connectivity index (χ0n) is 16.5. The van der Waals surface area contributed by atoms with Gasteiger partial charge >= 0.3 is 12.6 Å². The van der Waals surface area contributed by atoms with E-state index in [-0.39, 0.29) is 17.6 Å². The molecule has 4 aromatic rings. The molecule has 0 bridgehead atoms. The second-order valence-corrected chi connectivity index (χ2v) is 8.06. The van der Waals surface area contributed by atoms with Crippen LogP contribution < -0.4 is 4.74 Å². The van der Waals surface area contributed by atoms with Crippen LogP contribution in [0.5, 0.6) is 5.75 Å². The van der Waals surface area contributed by atoms with Crippen LogP contribution in [0.15, 0.2) is 63.6 Å². The topological polar surface area (TPSA) is 87.3 Å². The summed E-state index contributed by atoms with van der Waals surface area (Å²) in [4.78, 5) is 16.1. The van der Waals surface area contributed by atoms with Crippen molar-refractivity contribution >= 4 is 29.1 Å². The minimum atomic E-state index is -2.88. The summed E-state index contributed by atoms with van der Waals surface area (Å²) in [6.45, 7) is -2.88. The van der Waals surface area contributed by atoms with Crippen LogP contribution in [0.1, 0.15) is 16.1 Å². The predicted octanol–water partition coefficient (Wildman–Crippen LogP) is 5.54. The van der Waals surface area contributed by atoms with E-state index < -0.39 is 6.61 Å². The van der Waals surface area contributed by atoms with Gasteiger partial charge in [-0.15, -0.1) is 21.5 Å². The van der Waals surface area contributed by atoms with Crippen LogP contribution in [0.4, 0.5) is 8.78 Å². The minimum absolute atomic E-state index is 0.0529. The Balaban J connectivity index is 1.36. The second kappa shape index (κ2) is 9.88. The van der Waals surface area contributed by atoms with Gasteiger partial charge < -0.3 is 13.9 Å². The molecule has 0 saturated heterocycles. The van der Waals surface area contributed by atoms with Crippen molar-refractivity contribution in [1.82, 2.24) is 15.2 Å². The molecule has 0 aliphatic heterocycles. The van der Waals surface area contributed by atoms with E-state index >= 15 is 0 Å². The first-order chi connectivity index (χ1) is 15.5. The highest BCUT2D eigenvalue weighted by Crippen LogP contribution is 2.30. The van der Waals surface area contributed by atoms with Gasteiger partial charge in [0, 0.05) is 22.3 Å². The van der Waals surface area contributed by atoms with Crippen LogP contribution >= 0.6 is 23.1 Å². The highest BCUT2D eigenvalue weighted by molar-refractivity contribution is 7.98. The van der Waals surface area contributed by atoms with E-state index in [0.717, 1.165) is 16.3 Å². The molecular formula is C21H15F2N3O4S2. The van der Waals surface area contributed by atoms with Gasteiger partial charge in [0.15, 0.2) is 0 Å². The third-order valence-electron chi connectivity index (χ3n) is 4.18. The second-order valence-electron chi connectivity index (χ2n) is 6.28. The lowest BCUT2D eigenvalue weighted by Crippen LogP contribution is -2.01. The first kappa shape index (κ1) is 21.9. The standard InChI is InChI=1S/C21H15F2N3O4S2/c1-28-19(27)14-4-2-13(3-5-14)18-24-15(10-31-18)11-32-21-26-25-17(30-21)12-6-8-16(9-7-12)29-20(22)23/h2-10,20H,11H2,1H3. The number of hydrogen-bond donors (Lipinski definition) is 0. The molecular weight excluding hydrogens is 460 g/mol. The van der Waals surface area contributed by atoms with E-state index in [1.54, 1.807) is 24.3 Å². The monoisotopic (exact) mass is 475 g/mol. The number of ether oxygens (including phenoxy) is 2. The molecule has 0 saturated carbocycles. The number of thiazole rings is 1. The van der Waals surface area contributed by atoms with Crippen molar-refractivity contribution in [2.24, 2.45) is 0 Å². The molecule has 0 N–H and O–H groups in total. The maximum atomic E-state index is 12.2. The number of alkyl halides is 2. The summed E-state index contributed by atoms with van der Waals surface area (Å²) in [6.07, 6.45) is 0. The fraction of sp³-hybridized carbons (Fsp3) is 0.143. The Bertz CT molecular complexity index is 1190. The number of methoxy groups -OCH3 is 1. The summed E-state index contributed by atoms with van der Waals surface area (Å²) in [6, 6.07) is 13.0. The Hall–Kier alpha value is -3.31. The molecule has 0 unspecified atom stereocenters. The maximum absolute atomic E-state index is 12.2. The first-order valence-corrected chi connectivity index (χ1v) is 11.0. The highest BCUT2D eigenvalue weighted by atomic mass is 32.2. The molecule has 0 aliphatic carbocycles. The number of rotatable bonds is 8. The molecule has 0 spiro atoms. The number of halogens is 2. The van der Waals surface area contributed by atoms with Crippen molar-refractivity contribution in [2.75, 3.05) is 7.11 Å². The largest absolute Gasteiger partial charge is 0.465 e. The normalized spacial score (nSPS) is 11.0. The SMILES string of the molecule is COC(=O)c1ccc(-c2nc(CSc3nnc(-c4ccc(OC(F)F)cc4)o3)cs2)cc1. The van der Waals surface area contributed by atoms with Crippen molar-refractivity contribution < 1.29 is 27.5 Å². The molecule has 0 fully saturated rings. The molecule has 32 heavy (non-hydrogen) atoms. The van der Waals surface area contributed by atoms with Gasteiger partial charge in [0.2, 0.25) is 5.89 Å². The van der Waals surface area contributed by atoms with Crippen LogP contribution in [-0.2, 0) is 10.5 Å². The molecule has 7 nitrogen and oxygen atoms in total. The lowest BCUT2D eigenvalue weighted by Gasteiger charge is -2.03. The lowest BCUT2D eigenvalue weighted by atomic mass is 10.1.